The van der Waals surface area contributed by atoms with Gasteiger partial charge in [0.2, 0.25) is 0 Å². The Hall–Kier alpha value is -1.51. The predicted octanol–water partition coefficient (Wildman–Crippen LogP) is 2.35. The largest absolute Gasteiger partial charge is 0.365 e. The first-order valence-corrected chi connectivity index (χ1v) is 4.62. The number of nitrogens with zero attached hydrogens (tertiary/aromatic N) is 1. The molecule has 0 aliphatic rings. The van der Waals surface area contributed by atoms with Crippen molar-refractivity contribution in [2.24, 2.45) is 0 Å². The van der Waals surface area contributed by atoms with Crippen LogP contribution in [0.15, 0.2) is 33.6 Å². The maximum absolute atomic E-state index is 11.5. The first-order valence-electron chi connectivity index (χ1n) is 4.62. The third-order valence-corrected chi connectivity index (χ3v) is 2.13. The highest BCUT2D eigenvalue weighted by Crippen LogP contribution is 2.20. The molecular weight excluding hydrogens is 178 g/mol. The van der Waals surface area contributed by atoms with E-state index in [1.165, 1.54) is 0 Å². The van der Waals surface area contributed by atoms with Crippen LogP contribution in [0.3, 0.4) is 0 Å². The summed E-state index contributed by atoms with van der Waals surface area (Å²) in [6, 6.07) is 7.42. The summed E-state index contributed by atoms with van der Waals surface area (Å²) in [4.78, 5) is 11.5. The molecule has 0 saturated heterocycles. The van der Waals surface area contributed by atoms with E-state index >= 15 is 0 Å². The molecule has 1 aromatic carbocycles. The Morgan fingerprint density at radius 2 is 1.86 bits per heavy atom. The van der Waals surface area contributed by atoms with Gasteiger partial charge in [-0.05, 0) is 32.9 Å². The number of aromatic nitrogens is 1. The lowest BCUT2D eigenvalue weighted by atomic mass is 10.1. The number of para-hydroxylation sites is 1. The molecule has 0 aliphatic carbocycles. The highest BCUT2D eigenvalue weighted by Gasteiger charge is 2.19. The second kappa shape index (κ2) is 2.74. The van der Waals surface area contributed by atoms with Gasteiger partial charge in [0.1, 0.15) is 0 Å². The second-order valence-corrected chi connectivity index (χ2v) is 4.36. The topological polar surface area (TPSA) is 35.1 Å². The summed E-state index contributed by atoms with van der Waals surface area (Å²) in [5, 5.41) is 0.641. The van der Waals surface area contributed by atoms with Gasteiger partial charge in [-0.1, -0.05) is 12.1 Å². The molecule has 1 heterocycles. The predicted molar refractivity (Wildman–Crippen MR) is 55.5 cm³/mol. The maximum Gasteiger partial charge on any atom is 0.365 e. The van der Waals surface area contributed by atoms with Crippen molar-refractivity contribution in [3.63, 3.8) is 0 Å². The lowest BCUT2D eigenvalue weighted by Crippen LogP contribution is -2.20. The highest BCUT2D eigenvalue weighted by atomic mass is 16.5. The number of rotatable bonds is 0. The quantitative estimate of drug-likeness (QED) is 0.640. The number of benzene rings is 1. The third kappa shape index (κ3) is 1.25. The summed E-state index contributed by atoms with van der Waals surface area (Å²) in [6.45, 7) is 6.01. The molecule has 0 saturated carbocycles. The van der Waals surface area contributed by atoms with Gasteiger partial charge in [0, 0.05) is 0 Å². The summed E-state index contributed by atoms with van der Waals surface area (Å²) in [7, 11) is 0. The SMILES string of the molecule is CC(C)(C)n1oc(=O)c2ccccc21. The second-order valence-electron chi connectivity index (χ2n) is 4.36. The fourth-order valence-electron chi connectivity index (χ4n) is 1.50. The van der Waals surface area contributed by atoms with Crippen molar-refractivity contribution in [1.29, 1.82) is 0 Å². The maximum atomic E-state index is 11.5. The van der Waals surface area contributed by atoms with Crippen molar-refractivity contribution in [3.8, 4) is 0 Å². The molecule has 14 heavy (non-hydrogen) atoms. The Bertz CT molecular complexity index is 514. The molecule has 0 radical (unpaired) electrons. The average molecular weight is 191 g/mol. The van der Waals surface area contributed by atoms with E-state index in [4.69, 9.17) is 4.52 Å². The minimum Gasteiger partial charge on any atom is -0.335 e. The van der Waals surface area contributed by atoms with Crippen LogP contribution < -0.4 is 5.63 Å². The van der Waals surface area contributed by atoms with Crippen LogP contribution in [0.1, 0.15) is 20.8 Å². The van der Waals surface area contributed by atoms with Crippen LogP contribution >= 0.6 is 0 Å². The van der Waals surface area contributed by atoms with E-state index < -0.39 is 0 Å². The summed E-state index contributed by atoms with van der Waals surface area (Å²) in [6.07, 6.45) is 0. The van der Waals surface area contributed by atoms with Gasteiger partial charge in [-0.15, -0.1) is 0 Å². The van der Waals surface area contributed by atoms with E-state index in [0.29, 0.717) is 5.39 Å². The van der Waals surface area contributed by atoms with Crippen LogP contribution in [-0.2, 0) is 5.54 Å². The zero-order valence-electron chi connectivity index (χ0n) is 8.57. The molecule has 2 aromatic rings. The van der Waals surface area contributed by atoms with Crippen molar-refractivity contribution in [1.82, 2.24) is 4.74 Å². The van der Waals surface area contributed by atoms with E-state index in [0.717, 1.165) is 5.52 Å². The molecule has 74 valence electrons. The minimum absolute atomic E-state index is 0.206. The third-order valence-electron chi connectivity index (χ3n) is 2.13. The normalized spacial score (nSPS) is 12.2. The molecule has 0 amide bonds. The number of hydrogen-bond donors (Lipinski definition) is 0. The van der Waals surface area contributed by atoms with E-state index in [1.807, 2.05) is 39.0 Å². The van der Waals surface area contributed by atoms with Gasteiger partial charge in [0.25, 0.3) is 0 Å². The highest BCUT2D eigenvalue weighted by molar-refractivity contribution is 5.77. The van der Waals surface area contributed by atoms with E-state index in [9.17, 15) is 4.79 Å². The first kappa shape index (κ1) is 9.06. The van der Waals surface area contributed by atoms with Gasteiger partial charge >= 0.3 is 5.63 Å². The average Bonchev–Trinajstić information content (AvgIpc) is 2.44. The van der Waals surface area contributed by atoms with Gasteiger partial charge in [0.05, 0.1) is 16.4 Å². The van der Waals surface area contributed by atoms with Crippen LogP contribution in [0, 0.1) is 0 Å². The molecule has 0 atom stereocenters. The number of hydrogen-bond acceptors (Lipinski definition) is 2. The molecule has 0 N–H and O–H groups in total. The van der Waals surface area contributed by atoms with Crippen molar-refractivity contribution in [2.75, 3.05) is 0 Å². The lowest BCUT2D eigenvalue weighted by Gasteiger charge is -2.18. The summed E-state index contributed by atoms with van der Waals surface area (Å²) in [5.41, 5.74) is 0.378. The molecule has 2 rings (SSSR count). The fraction of sp³-hybridized carbons (Fsp3) is 0.364. The number of fused-ring (bicyclic) bond motifs is 1. The Balaban J connectivity index is 2.87. The smallest absolute Gasteiger partial charge is 0.335 e. The Kier molecular flexibility index (Phi) is 1.77. The molecule has 3 heteroatoms. The molecule has 0 unspecified atom stereocenters. The van der Waals surface area contributed by atoms with Crippen LogP contribution in [0.2, 0.25) is 0 Å². The lowest BCUT2D eigenvalue weighted by molar-refractivity contribution is 0.164. The van der Waals surface area contributed by atoms with Crippen LogP contribution in [0.25, 0.3) is 10.9 Å². The van der Waals surface area contributed by atoms with Gasteiger partial charge in [-0.3, -0.25) is 0 Å². The van der Waals surface area contributed by atoms with E-state index in [2.05, 4.69) is 0 Å². The van der Waals surface area contributed by atoms with Crippen LogP contribution in [0.4, 0.5) is 0 Å². The molecule has 0 aliphatic heterocycles. The summed E-state index contributed by atoms with van der Waals surface area (Å²) >= 11 is 0. The van der Waals surface area contributed by atoms with Gasteiger partial charge in [-0.25, -0.2) is 4.79 Å². The molecule has 3 nitrogen and oxygen atoms in total. The Labute approximate surface area is 81.9 Å². The summed E-state index contributed by atoms with van der Waals surface area (Å²) in [5.74, 6) is 0. The van der Waals surface area contributed by atoms with Crippen molar-refractivity contribution >= 4 is 10.9 Å². The molecule has 1 aromatic heterocycles. The fourth-order valence-corrected chi connectivity index (χ4v) is 1.50. The molecule has 0 spiro atoms. The van der Waals surface area contributed by atoms with Gasteiger partial charge in [-0.2, -0.15) is 4.74 Å². The monoisotopic (exact) mass is 191 g/mol. The zero-order chi connectivity index (χ0) is 10.3. The van der Waals surface area contributed by atoms with Crippen LogP contribution in [-0.4, -0.2) is 4.74 Å². The van der Waals surface area contributed by atoms with Crippen molar-refractivity contribution < 1.29 is 4.52 Å². The molecular formula is C11H13NO2. The Morgan fingerprint density at radius 3 is 2.50 bits per heavy atom. The standard InChI is InChI=1S/C11H13NO2/c1-11(2,3)12-9-7-5-4-6-8(9)10(13)14-12/h4-7H,1-3H3. The summed E-state index contributed by atoms with van der Waals surface area (Å²) < 4.78 is 6.85. The van der Waals surface area contributed by atoms with E-state index in [-0.39, 0.29) is 11.2 Å². The van der Waals surface area contributed by atoms with Gasteiger partial charge < -0.3 is 4.52 Å². The van der Waals surface area contributed by atoms with Crippen molar-refractivity contribution in [2.45, 2.75) is 26.3 Å². The Morgan fingerprint density at radius 1 is 1.21 bits per heavy atom. The minimum atomic E-state index is -0.268. The van der Waals surface area contributed by atoms with E-state index in [1.54, 1.807) is 10.8 Å². The first-order chi connectivity index (χ1) is 6.50. The molecule has 0 fully saturated rings. The zero-order valence-corrected chi connectivity index (χ0v) is 8.57. The molecule has 0 bridgehead atoms. The van der Waals surface area contributed by atoms with Crippen molar-refractivity contribution in [3.05, 3.63) is 34.7 Å². The van der Waals surface area contributed by atoms with Gasteiger partial charge in [0.15, 0.2) is 0 Å². The van der Waals surface area contributed by atoms with Crippen LogP contribution in [0.5, 0.6) is 0 Å².